The third-order valence-corrected chi connectivity index (χ3v) is 4.68. The Morgan fingerprint density at radius 1 is 1.48 bits per heavy atom. The largest absolute Gasteiger partial charge is 0.469 e. The van der Waals surface area contributed by atoms with Crippen LogP contribution in [0.15, 0.2) is 22.8 Å². The van der Waals surface area contributed by atoms with Gasteiger partial charge in [0.1, 0.15) is 5.76 Å². The lowest BCUT2D eigenvalue weighted by Crippen LogP contribution is -2.56. The maximum atomic E-state index is 6.34. The molecule has 1 fully saturated rings. The Morgan fingerprint density at radius 2 is 2.33 bits per heavy atom. The van der Waals surface area contributed by atoms with Gasteiger partial charge in [0.15, 0.2) is 0 Å². The summed E-state index contributed by atoms with van der Waals surface area (Å²) in [7, 11) is 0. The summed E-state index contributed by atoms with van der Waals surface area (Å²) in [4.78, 5) is 0. The van der Waals surface area contributed by atoms with E-state index in [-0.39, 0.29) is 5.60 Å². The summed E-state index contributed by atoms with van der Waals surface area (Å²) in [6.07, 6.45) is 8.74. The number of furan rings is 1. The highest BCUT2D eigenvalue weighted by Gasteiger charge is 2.42. The zero-order chi connectivity index (χ0) is 15.1. The molecule has 0 aliphatic heterocycles. The van der Waals surface area contributed by atoms with Crippen molar-refractivity contribution in [3.05, 3.63) is 24.2 Å². The van der Waals surface area contributed by atoms with Crippen molar-refractivity contribution in [1.29, 1.82) is 0 Å². The molecule has 3 atom stereocenters. The Bertz CT molecular complexity index is 386. The first kappa shape index (κ1) is 16.6. The van der Waals surface area contributed by atoms with Gasteiger partial charge in [0.05, 0.1) is 11.9 Å². The number of nitrogens with one attached hydrogen (secondary N) is 1. The number of hydrogen-bond acceptors (Lipinski definition) is 3. The topological polar surface area (TPSA) is 34.4 Å². The zero-order valence-electron chi connectivity index (χ0n) is 13.9. The van der Waals surface area contributed by atoms with E-state index < -0.39 is 0 Å². The standard InChI is InChI=1S/C18H31NO2/c1-4-11-19-17(13-16-9-7-12-20-16)18(21-5-2)10-6-8-15(3)14-18/h7,9,12,15,17,19H,4-6,8,10-11,13-14H2,1-3H3. The quantitative estimate of drug-likeness (QED) is 0.781. The minimum absolute atomic E-state index is 0.0334. The van der Waals surface area contributed by atoms with E-state index in [9.17, 15) is 0 Å². The van der Waals surface area contributed by atoms with Gasteiger partial charge in [-0.3, -0.25) is 0 Å². The molecule has 120 valence electrons. The van der Waals surface area contributed by atoms with Crippen molar-refractivity contribution in [2.24, 2.45) is 5.92 Å². The molecule has 0 aromatic carbocycles. The fraction of sp³-hybridized carbons (Fsp3) is 0.778. The minimum atomic E-state index is -0.0334. The Morgan fingerprint density at radius 3 is 2.95 bits per heavy atom. The van der Waals surface area contributed by atoms with Crippen LogP contribution in [0.5, 0.6) is 0 Å². The predicted molar refractivity (Wildman–Crippen MR) is 86.5 cm³/mol. The molecule has 2 rings (SSSR count). The summed E-state index contributed by atoms with van der Waals surface area (Å²) >= 11 is 0. The molecule has 3 heteroatoms. The van der Waals surface area contributed by atoms with Gasteiger partial charge in [0.25, 0.3) is 0 Å². The molecule has 0 saturated heterocycles. The highest BCUT2D eigenvalue weighted by Crippen LogP contribution is 2.38. The third-order valence-electron chi connectivity index (χ3n) is 4.68. The van der Waals surface area contributed by atoms with Crippen LogP contribution in [-0.2, 0) is 11.2 Å². The van der Waals surface area contributed by atoms with Crippen LogP contribution in [0.4, 0.5) is 0 Å². The van der Waals surface area contributed by atoms with Crippen LogP contribution < -0.4 is 5.32 Å². The maximum Gasteiger partial charge on any atom is 0.105 e. The van der Waals surface area contributed by atoms with Crippen LogP contribution in [0, 0.1) is 5.92 Å². The van der Waals surface area contributed by atoms with E-state index in [4.69, 9.17) is 9.15 Å². The predicted octanol–water partition coefficient (Wildman–Crippen LogP) is 4.18. The van der Waals surface area contributed by atoms with Crippen LogP contribution in [0.2, 0.25) is 0 Å². The first-order valence-corrected chi connectivity index (χ1v) is 8.60. The fourth-order valence-corrected chi connectivity index (χ4v) is 3.77. The van der Waals surface area contributed by atoms with Crippen molar-refractivity contribution >= 4 is 0 Å². The third kappa shape index (κ3) is 4.33. The van der Waals surface area contributed by atoms with Crippen molar-refractivity contribution in [1.82, 2.24) is 5.32 Å². The Hall–Kier alpha value is -0.800. The van der Waals surface area contributed by atoms with Gasteiger partial charge < -0.3 is 14.5 Å². The summed E-state index contributed by atoms with van der Waals surface area (Å²) < 4.78 is 11.9. The SMILES string of the molecule is CCCNC(Cc1ccco1)C1(OCC)CCCC(C)C1. The molecule has 1 aliphatic carbocycles. The van der Waals surface area contributed by atoms with E-state index in [1.807, 2.05) is 6.07 Å². The second kappa shape index (κ2) is 8.00. The van der Waals surface area contributed by atoms with Crippen LogP contribution in [0.25, 0.3) is 0 Å². The monoisotopic (exact) mass is 293 g/mol. The van der Waals surface area contributed by atoms with Crippen molar-refractivity contribution in [2.75, 3.05) is 13.2 Å². The smallest absolute Gasteiger partial charge is 0.105 e. The van der Waals surface area contributed by atoms with Gasteiger partial charge in [-0.1, -0.05) is 26.7 Å². The van der Waals surface area contributed by atoms with E-state index in [1.165, 1.54) is 12.8 Å². The summed E-state index contributed by atoms with van der Waals surface area (Å²) in [5.74, 6) is 1.80. The van der Waals surface area contributed by atoms with Crippen molar-refractivity contribution in [3.63, 3.8) is 0 Å². The van der Waals surface area contributed by atoms with Gasteiger partial charge in [0, 0.05) is 19.1 Å². The maximum absolute atomic E-state index is 6.34. The molecule has 1 aromatic heterocycles. The molecule has 1 N–H and O–H groups in total. The van der Waals surface area contributed by atoms with E-state index >= 15 is 0 Å². The van der Waals surface area contributed by atoms with Crippen LogP contribution >= 0.6 is 0 Å². The van der Waals surface area contributed by atoms with E-state index in [0.29, 0.717) is 6.04 Å². The molecule has 3 unspecified atom stereocenters. The highest BCUT2D eigenvalue weighted by atomic mass is 16.5. The second-order valence-electron chi connectivity index (χ2n) is 6.49. The molecule has 21 heavy (non-hydrogen) atoms. The molecular formula is C18H31NO2. The fourth-order valence-electron chi connectivity index (χ4n) is 3.77. The normalized spacial score (nSPS) is 27.7. The molecule has 0 radical (unpaired) electrons. The summed E-state index contributed by atoms with van der Waals surface area (Å²) in [6.45, 7) is 8.51. The molecule has 0 spiro atoms. The van der Waals surface area contributed by atoms with E-state index in [1.54, 1.807) is 6.26 Å². The first-order valence-electron chi connectivity index (χ1n) is 8.60. The molecule has 1 heterocycles. The van der Waals surface area contributed by atoms with E-state index in [2.05, 4.69) is 32.2 Å². The average molecular weight is 293 g/mol. The van der Waals surface area contributed by atoms with Gasteiger partial charge in [-0.05, 0) is 50.8 Å². The Kier molecular flexibility index (Phi) is 6.31. The lowest BCUT2D eigenvalue weighted by molar-refractivity contribution is -0.101. The lowest BCUT2D eigenvalue weighted by atomic mass is 9.73. The number of hydrogen-bond donors (Lipinski definition) is 1. The Balaban J connectivity index is 2.16. The van der Waals surface area contributed by atoms with Gasteiger partial charge in [-0.15, -0.1) is 0 Å². The molecular weight excluding hydrogens is 262 g/mol. The molecule has 0 bridgehead atoms. The van der Waals surface area contributed by atoms with Gasteiger partial charge >= 0.3 is 0 Å². The molecule has 1 saturated carbocycles. The van der Waals surface area contributed by atoms with E-state index in [0.717, 1.165) is 50.5 Å². The molecule has 1 aromatic rings. The van der Waals surface area contributed by atoms with Crippen LogP contribution in [0.3, 0.4) is 0 Å². The minimum Gasteiger partial charge on any atom is -0.469 e. The number of ether oxygens (including phenoxy) is 1. The van der Waals surface area contributed by atoms with Gasteiger partial charge in [-0.25, -0.2) is 0 Å². The van der Waals surface area contributed by atoms with Gasteiger partial charge in [0.2, 0.25) is 0 Å². The van der Waals surface area contributed by atoms with Crippen LogP contribution in [-0.4, -0.2) is 24.8 Å². The Labute approximate surface area is 129 Å². The first-order chi connectivity index (χ1) is 10.2. The van der Waals surface area contributed by atoms with Crippen LogP contribution in [0.1, 0.15) is 58.6 Å². The summed E-state index contributed by atoms with van der Waals surface area (Å²) in [6, 6.07) is 4.39. The van der Waals surface area contributed by atoms with Gasteiger partial charge in [-0.2, -0.15) is 0 Å². The summed E-state index contributed by atoms with van der Waals surface area (Å²) in [5, 5.41) is 3.74. The second-order valence-corrected chi connectivity index (χ2v) is 6.49. The summed E-state index contributed by atoms with van der Waals surface area (Å²) in [5.41, 5.74) is -0.0334. The molecule has 3 nitrogen and oxygen atoms in total. The molecule has 1 aliphatic rings. The van der Waals surface area contributed by atoms with Crippen molar-refractivity contribution in [3.8, 4) is 0 Å². The lowest BCUT2D eigenvalue weighted by Gasteiger charge is -2.45. The zero-order valence-corrected chi connectivity index (χ0v) is 13.9. The number of rotatable bonds is 8. The molecule has 0 amide bonds. The average Bonchev–Trinajstić information content (AvgIpc) is 2.96. The van der Waals surface area contributed by atoms with Crippen molar-refractivity contribution < 1.29 is 9.15 Å². The highest BCUT2D eigenvalue weighted by molar-refractivity contribution is 5.06. The van der Waals surface area contributed by atoms with Crippen molar-refractivity contribution in [2.45, 2.75) is 70.9 Å².